The van der Waals surface area contributed by atoms with Crippen molar-refractivity contribution >= 4 is 5.91 Å². The van der Waals surface area contributed by atoms with Gasteiger partial charge in [0.25, 0.3) is 5.91 Å². The maximum Gasteiger partial charge on any atom is 0.261 e. The quantitative estimate of drug-likeness (QED) is 0.497. The number of rotatable bonds is 6. The van der Waals surface area contributed by atoms with Crippen LogP contribution in [0.25, 0.3) is 22.8 Å². The lowest BCUT2D eigenvalue weighted by atomic mass is 10.0. The van der Waals surface area contributed by atoms with Crippen molar-refractivity contribution in [2.24, 2.45) is 0 Å². The first-order valence-corrected chi connectivity index (χ1v) is 10.5. The average Bonchev–Trinajstić information content (AvgIpc) is 3.56. The Labute approximate surface area is 184 Å². The molecule has 9 heteroatoms. The molecule has 3 heterocycles. The molecule has 1 amide bonds. The molecule has 2 aromatic carbocycles. The maximum absolute atomic E-state index is 12.9. The Hall–Kier alpha value is -4.01. The summed E-state index contributed by atoms with van der Waals surface area (Å²) in [7, 11) is 0. The van der Waals surface area contributed by atoms with Gasteiger partial charge in [-0.3, -0.25) is 9.89 Å². The molecule has 0 spiro atoms. The summed E-state index contributed by atoms with van der Waals surface area (Å²) in [5.41, 5.74) is 1.61. The van der Waals surface area contributed by atoms with Gasteiger partial charge in [-0.2, -0.15) is 5.10 Å². The number of para-hydroxylation sites is 1. The molecule has 1 atom stereocenters. The van der Waals surface area contributed by atoms with Crippen LogP contribution in [0.2, 0.25) is 0 Å². The molecule has 9 nitrogen and oxygen atoms in total. The molecule has 1 saturated heterocycles. The van der Waals surface area contributed by atoms with Crippen LogP contribution < -0.4 is 4.74 Å². The van der Waals surface area contributed by atoms with Crippen molar-refractivity contribution in [2.45, 2.75) is 25.3 Å². The third-order valence-corrected chi connectivity index (χ3v) is 5.47. The number of likely N-dealkylation sites (tertiary alicyclic amines) is 1. The highest BCUT2D eigenvalue weighted by Crippen LogP contribution is 2.30. The topological polar surface area (TPSA) is 110 Å². The SMILES string of the molecule is O=C(COc1ccccc1)N1CCCC[C@@H]1c1nc(-c2cccc(-c3nnco3)c2)n[nH]1. The molecule has 4 aromatic rings. The number of aromatic nitrogens is 5. The van der Waals surface area contributed by atoms with Gasteiger partial charge in [0.2, 0.25) is 12.3 Å². The summed E-state index contributed by atoms with van der Waals surface area (Å²) < 4.78 is 11.0. The van der Waals surface area contributed by atoms with E-state index < -0.39 is 0 Å². The summed E-state index contributed by atoms with van der Waals surface area (Å²) in [6.07, 6.45) is 4.11. The number of aromatic amines is 1. The van der Waals surface area contributed by atoms with E-state index in [0.717, 1.165) is 30.4 Å². The van der Waals surface area contributed by atoms with Crippen LogP contribution in [-0.4, -0.2) is 49.3 Å². The zero-order valence-electron chi connectivity index (χ0n) is 17.3. The first-order valence-electron chi connectivity index (χ1n) is 10.5. The summed E-state index contributed by atoms with van der Waals surface area (Å²) in [5.74, 6) is 2.29. The van der Waals surface area contributed by atoms with E-state index in [-0.39, 0.29) is 18.6 Å². The Balaban J connectivity index is 1.33. The van der Waals surface area contributed by atoms with Crippen molar-refractivity contribution in [1.29, 1.82) is 0 Å². The summed E-state index contributed by atoms with van der Waals surface area (Å²) in [4.78, 5) is 19.5. The van der Waals surface area contributed by atoms with Crippen LogP contribution in [0.1, 0.15) is 31.1 Å². The van der Waals surface area contributed by atoms with E-state index in [0.29, 0.717) is 29.8 Å². The fourth-order valence-corrected chi connectivity index (χ4v) is 3.90. The Bertz CT molecular complexity index is 1180. The second-order valence-corrected chi connectivity index (χ2v) is 7.57. The molecule has 1 N–H and O–H groups in total. The highest BCUT2D eigenvalue weighted by molar-refractivity contribution is 5.78. The van der Waals surface area contributed by atoms with Crippen LogP contribution in [0.15, 0.2) is 65.4 Å². The Morgan fingerprint density at radius 1 is 1.12 bits per heavy atom. The van der Waals surface area contributed by atoms with Crippen molar-refractivity contribution in [3.8, 4) is 28.6 Å². The van der Waals surface area contributed by atoms with Gasteiger partial charge >= 0.3 is 0 Å². The average molecular weight is 430 g/mol. The van der Waals surface area contributed by atoms with E-state index in [2.05, 4.69) is 20.4 Å². The van der Waals surface area contributed by atoms with Crippen molar-refractivity contribution in [2.75, 3.05) is 13.2 Å². The summed E-state index contributed by atoms with van der Waals surface area (Å²) in [5, 5.41) is 15.1. The molecule has 0 bridgehead atoms. The highest BCUT2D eigenvalue weighted by Gasteiger charge is 2.30. The van der Waals surface area contributed by atoms with Crippen LogP contribution in [0.4, 0.5) is 0 Å². The molecule has 32 heavy (non-hydrogen) atoms. The third kappa shape index (κ3) is 4.22. The van der Waals surface area contributed by atoms with Crippen molar-refractivity contribution < 1.29 is 13.9 Å². The minimum Gasteiger partial charge on any atom is -0.484 e. The number of hydrogen-bond donors (Lipinski definition) is 1. The fraction of sp³-hybridized carbons (Fsp3) is 0.261. The molecule has 1 fully saturated rings. The largest absolute Gasteiger partial charge is 0.484 e. The van der Waals surface area contributed by atoms with Gasteiger partial charge in [0, 0.05) is 17.7 Å². The first-order chi connectivity index (χ1) is 15.8. The molecule has 0 radical (unpaired) electrons. The normalized spacial score (nSPS) is 16.1. The van der Waals surface area contributed by atoms with E-state index in [9.17, 15) is 4.79 Å². The van der Waals surface area contributed by atoms with Crippen LogP contribution in [-0.2, 0) is 4.79 Å². The van der Waals surface area contributed by atoms with Crippen molar-refractivity contribution in [1.82, 2.24) is 30.3 Å². The fourth-order valence-electron chi connectivity index (χ4n) is 3.90. The lowest BCUT2D eigenvalue weighted by Crippen LogP contribution is -2.41. The smallest absolute Gasteiger partial charge is 0.261 e. The van der Waals surface area contributed by atoms with Gasteiger partial charge < -0.3 is 14.1 Å². The number of nitrogens with one attached hydrogen (secondary N) is 1. The number of benzene rings is 2. The van der Waals surface area contributed by atoms with E-state index >= 15 is 0 Å². The van der Waals surface area contributed by atoms with Crippen molar-refractivity contribution in [3.63, 3.8) is 0 Å². The lowest BCUT2D eigenvalue weighted by Gasteiger charge is -2.34. The van der Waals surface area contributed by atoms with E-state index in [1.165, 1.54) is 6.39 Å². The van der Waals surface area contributed by atoms with Crippen LogP contribution >= 0.6 is 0 Å². The Morgan fingerprint density at radius 2 is 2.00 bits per heavy atom. The van der Waals surface area contributed by atoms with E-state index in [1.807, 2.05) is 59.5 Å². The minimum atomic E-state index is -0.156. The second-order valence-electron chi connectivity index (χ2n) is 7.57. The second kappa shape index (κ2) is 9.01. The monoisotopic (exact) mass is 430 g/mol. The number of hydrogen-bond acceptors (Lipinski definition) is 7. The summed E-state index contributed by atoms with van der Waals surface area (Å²) in [6, 6.07) is 16.8. The number of amides is 1. The van der Waals surface area contributed by atoms with Gasteiger partial charge in [-0.05, 0) is 43.5 Å². The van der Waals surface area contributed by atoms with Gasteiger partial charge in [0.15, 0.2) is 12.4 Å². The van der Waals surface area contributed by atoms with E-state index in [4.69, 9.17) is 14.1 Å². The summed E-state index contributed by atoms with van der Waals surface area (Å²) >= 11 is 0. The van der Waals surface area contributed by atoms with Gasteiger partial charge in [-0.25, -0.2) is 4.98 Å². The molecule has 162 valence electrons. The number of ether oxygens (including phenoxy) is 1. The zero-order chi connectivity index (χ0) is 21.8. The predicted molar refractivity (Wildman–Crippen MR) is 115 cm³/mol. The summed E-state index contributed by atoms with van der Waals surface area (Å²) in [6.45, 7) is 0.665. The van der Waals surface area contributed by atoms with Crippen molar-refractivity contribution in [3.05, 3.63) is 66.8 Å². The van der Waals surface area contributed by atoms with Gasteiger partial charge in [-0.1, -0.05) is 30.3 Å². The highest BCUT2D eigenvalue weighted by atomic mass is 16.5. The van der Waals surface area contributed by atoms with E-state index in [1.54, 1.807) is 0 Å². The Kier molecular flexibility index (Phi) is 5.61. The number of H-pyrrole nitrogens is 1. The van der Waals surface area contributed by atoms with Gasteiger partial charge in [0.05, 0.1) is 6.04 Å². The predicted octanol–water partition coefficient (Wildman–Crippen LogP) is 3.65. The standard InChI is InChI=1S/C23H22N6O3/c30-20(14-31-18-9-2-1-3-10-18)29-12-5-4-11-19(29)22-25-21(26-27-22)16-7-6-8-17(13-16)23-28-24-15-32-23/h1-3,6-10,13,15,19H,4-5,11-12,14H2,(H,25,26,27)/t19-/m1/s1. The molecule has 1 aliphatic rings. The molecular weight excluding hydrogens is 408 g/mol. The lowest BCUT2D eigenvalue weighted by molar-refractivity contribution is -0.137. The third-order valence-electron chi connectivity index (χ3n) is 5.47. The first kappa shape index (κ1) is 19.9. The van der Waals surface area contributed by atoms with Crippen LogP contribution in [0, 0.1) is 0 Å². The molecule has 0 aliphatic carbocycles. The van der Waals surface area contributed by atoms with Gasteiger partial charge in [0.1, 0.15) is 11.6 Å². The minimum absolute atomic E-state index is 0.00621. The number of carbonyl (C=O) groups is 1. The number of piperidine rings is 1. The number of carbonyl (C=O) groups excluding carboxylic acids is 1. The van der Waals surface area contributed by atoms with Gasteiger partial charge in [-0.15, -0.1) is 10.2 Å². The molecule has 2 aromatic heterocycles. The Morgan fingerprint density at radius 3 is 2.84 bits per heavy atom. The zero-order valence-corrected chi connectivity index (χ0v) is 17.3. The molecule has 5 rings (SSSR count). The molecule has 1 aliphatic heterocycles. The molecule has 0 saturated carbocycles. The molecular formula is C23H22N6O3. The van der Waals surface area contributed by atoms with Crippen LogP contribution in [0.5, 0.6) is 5.75 Å². The maximum atomic E-state index is 12.9. The molecule has 0 unspecified atom stereocenters. The number of nitrogens with zero attached hydrogens (tertiary/aromatic N) is 5. The van der Waals surface area contributed by atoms with Crippen LogP contribution in [0.3, 0.4) is 0 Å².